The fourth-order valence-corrected chi connectivity index (χ4v) is 3.24. The zero-order chi connectivity index (χ0) is 13.7. The highest BCUT2D eigenvalue weighted by molar-refractivity contribution is 7.89. The molecule has 0 fully saturated rings. The average molecular weight is 278 g/mol. The highest BCUT2D eigenvalue weighted by Crippen LogP contribution is 2.13. The molecule has 0 aliphatic carbocycles. The molecule has 1 aromatic heterocycles. The lowest BCUT2D eigenvalue weighted by Crippen LogP contribution is -2.26. The van der Waals surface area contributed by atoms with Gasteiger partial charge in [-0.2, -0.15) is 0 Å². The number of rotatable bonds is 6. The Balaban J connectivity index is 1.90. The number of hydrogen-bond donors (Lipinski definition) is 1. The van der Waals surface area contributed by atoms with Crippen molar-refractivity contribution in [2.75, 3.05) is 6.54 Å². The van der Waals surface area contributed by atoms with Crippen LogP contribution in [0.2, 0.25) is 0 Å². The number of aryl methyl sites for hydroxylation is 2. The Kier molecular flexibility index (Phi) is 4.39. The van der Waals surface area contributed by atoms with Crippen LogP contribution in [0, 0.1) is 6.92 Å². The lowest BCUT2D eigenvalue weighted by Gasteiger charge is -2.09. The van der Waals surface area contributed by atoms with Crippen molar-refractivity contribution < 1.29 is 8.42 Å². The minimum atomic E-state index is -3.39. The SMILES string of the molecule is Cc1ccccc1S(=O)(=O)NCCCn1cccc1. The van der Waals surface area contributed by atoms with E-state index in [0.29, 0.717) is 11.4 Å². The first kappa shape index (κ1) is 13.8. The lowest BCUT2D eigenvalue weighted by molar-refractivity contribution is 0.569. The summed E-state index contributed by atoms with van der Waals surface area (Å²) in [6.45, 7) is 3.05. The van der Waals surface area contributed by atoms with Crippen LogP contribution in [-0.4, -0.2) is 19.5 Å². The monoisotopic (exact) mass is 278 g/mol. The largest absolute Gasteiger partial charge is 0.354 e. The third-order valence-corrected chi connectivity index (χ3v) is 4.56. The molecule has 0 spiro atoms. The molecule has 0 radical (unpaired) electrons. The van der Waals surface area contributed by atoms with Gasteiger partial charge in [0.05, 0.1) is 4.90 Å². The summed E-state index contributed by atoms with van der Waals surface area (Å²) in [6.07, 6.45) is 4.70. The maximum absolute atomic E-state index is 12.1. The Hall–Kier alpha value is -1.59. The van der Waals surface area contributed by atoms with Crippen molar-refractivity contribution in [1.29, 1.82) is 0 Å². The number of aromatic nitrogens is 1. The first-order valence-corrected chi connectivity index (χ1v) is 7.74. The van der Waals surface area contributed by atoms with E-state index in [1.165, 1.54) is 0 Å². The van der Waals surface area contributed by atoms with Crippen LogP contribution in [0.4, 0.5) is 0 Å². The van der Waals surface area contributed by atoms with Gasteiger partial charge < -0.3 is 4.57 Å². The van der Waals surface area contributed by atoms with Gasteiger partial charge in [0.1, 0.15) is 0 Å². The molecule has 0 unspecified atom stereocenters. The van der Waals surface area contributed by atoms with Crippen LogP contribution in [0.3, 0.4) is 0 Å². The van der Waals surface area contributed by atoms with Gasteiger partial charge in [-0.1, -0.05) is 18.2 Å². The third kappa shape index (κ3) is 3.68. The van der Waals surface area contributed by atoms with Crippen LogP contribution in [0.15, 0.2) is 53.7 Å². The predicted octanol–water partition coefficient (Wildman–Crippen LogP) is 2.17. The molecular formula is C14H18N2O2S. The molecule has 0 aliphatic rings. The normalized spacial score (nSPS) is 11.6. The maximum Gasteiger partial charge on any atom is 0.240 e. The highest BCUT2D eigenvalue weighted by Gasteiger charge is 2.14. The van der Waals surface area contributed by atoms with Gasteiger partial charge >= 0.3 is 0 Å². The standard InChI is InChI=1S/C14H18N2O2S/c1-13-7-2-3-8-14(13)19(17,18)15-9-6-12-16-10-4-5-11-16/h2-5,7-8,10-11,15H,6,9,12H2,1H3. The molecule has 1 heterocycles. The molecule has 0 saturated carbocycles. The van der Waals surface area contributed by atoms with Gasteiger partial charge in [0, 0.05) is 25.5 Å². The fraction of sp³-hybridized carbons (Fsp3) is 0.286. The number of benzene rings is 1. The first-order chi connectivity index (χ1) is 9.09. The number of nitrogens with one attached hydrogen (secondary N) is 1. The summed E-state index contributed by atoms with van der Waals surface area (Å²) in [5.41, 5.74) is 0.764. The minimum absolute atomic E-state index is 0.357. The summed E-state index contributed by atoms with van der Waals surface area (Å²) in [6, 6.07) is 10.9. The first-order valence-electron chi connectivity index (χ1n) is 6.26. The van der Waals surface area contributed by atoms with E-state index in [-0.39, 0.29) is 0 Å². The molecule has 4 nitrogen and oxygen atoms in total. The third-order valence-electron chi connectivity index (χ3n) is 2.93. The van der Waals surface area contributed by atoms with E-state index >= 15 is 0 Å². The summed E-state index contributed by atoms with van der Waals surface area (Å²) in [7, 11) is -3.39. The summed E-state index contributed by atoms with van der Waals surface area (Å²) >= 11 is 0. The maximum atomic E-state index is 12.1. The van der Waals surface area contributed by atoms with Crippen molar-refractivity contribution in [3.05, 3.63) is 54.4 Å². The molecule has 1 N–H and O–H groups in total. The summed E-state index contributed by atoms with van der Waals surface area (Å²) in [5.74, 6) is 0. The summed E-state index contributed by atoms with van der Waals surface area (Å²) < 4.78 is 28.9. The van der Waals surface area contributed by atoms with Crippen LogP contribution in [-0.2, 0) is 16.6 Å². The molecule has 0 bridgehead atoms. The Bertz CT molecular complexity index is 619. The summed E-state index contributed by atoms with van der Waals surface area (Å²) in [4.78, 5) is 0.357. The molecule has 0 amide bonds. The zero-order valence-electron chi connectivity index (χ0n) is 10.9. The molecule has 0 aliphatic heterocycles. The van der Waals surface area contributed by atoms with Crippen LogP contribution >= 0.6 is 0 Å². The van der Waals surface area contributed by atoms with E-state index in [1.54, 1.807) is 25.1 Å². The van der Waals surface area contributed by atoms with Gasteiger partial charge in [0.25, 0.3) is 0 Å². The minimum Gasteiger partial charge on any atom is -0.354 e. The van der Waals surface area contributed by atoms with E-state index in [9.17, 15) is 8.42 Å². The van der Waals surface area contributed by atoms with Crippen LogP contribution in [0.25, 0.3) is 0 Å². The van der Waals surface area contributed by atoms with E-state index in [4.69, 9.17) is 0 Å². The van der Waals surface area contributed by atoms with Crippen molar-refractivity contribution in [3.8, 4) is 0 Å². The molecule has 1 aromatic carbocycles. The number of sulfonamides is 1. The molecule has 0 atom stereocenters. The average Bonchev–Trinajstić information content (AvgIpc) is 2.88. The Morgan fingerprint density at radius 2 is 1.79 bits per heavy atom. The van der Waals surface area contributed by atoms with Gasteiger partial charge in [0.2, 0.25) is 10.0 Å². The van der Waals surface area contributed by atoms with Crippen LogP contribution in [0.1, 0.15) is 12.0 Å². The van der Waals surface area contributed by atoms with Crippen LogP contribution in [0.5, 0.6) is 0 Å². The number of nitrogens with zero attached hydrogens (tertiary/aromatic N) is 1. The molecule has 5 heteroatoms. The van der Waals surface area contributed by atoms with Crippen molar-refractivity contribution >= 4 is 10.0 Å². The molecule has 2 rings (SSSR count). The molecular weight excluding hydrogens is 260 g/mol. The van der Waals surface area contributed by atoms with Gasteiger partial charge in [-0.25, -0.2) is 13.1 Å². The lowest BCUT2D eigenvalue weighted by atomic mass is 10.2. The Morgan fingerprint density at radius 3 is 2.47 bits per heavy atom. The topological polar surface area (TPSA) is 51.1 Å². The second-order valence-corrected chi connectivity index (χ2v) is 6.17. The highest BCUT2D eigenvalue weighted by atomic mass is 32.2. The fourth-order valence-electron chi connectivity index (χ4n) is 1.92. The molecule has 2 aromatic rings. The van der Waals surface area contributed by atoms with Crippen molar-refractivity contribution in [2.24, 2.45) is 0 Å². The smallest absolute Gasteiger partial charge is 0.240 e. The predicted molar refractivity (Wildman–Crippen MR) is 75.4 cm³/mol. The second kappa shape index (κ2) is 6.04. The van der Waals surface area contributed by atoms with Crippen molar-refractivity contribution in [2.45, 2.75) is 24.8 Å². The van der Waals surface area contributed by atoms with E-state index in [2.05, 4.69) is 4.72 Å². The number of hydrogen-bond acceptors (Lipinski definition) is 2. The van der Waals surface area contributed by atoms with Gasteiger partial charge in [-0.3, -0.25) is 0 Å². The quantitative estimate of drug-likeness (QED) is 0.823. The Morgan fingerprint density at radius 1 is 1.11 bits per heavy atom. The van der Waals surface area contributed by atoms with E-state index < -0.39 is 10.0 Å². The van der Waals surface area contributed by atoms with E-state index in [1.807, 2.05) is 35.2 Å². The van der Waals surface area contributed by atoms with Gasteiger partial charge in [0.15, 0.2) is 0 Å². The van der Waals surface area contributed by atoms with Crippen molar-refractivity contribution in [1.82, 2.24) is 9.29 Å². The molecule has 102 valence electrons. The molecule has 0 saturated heterocycles. The summed E-state index contributed by atoms with van der Waals surface area (Å²) in [5, 5.41) is 0. The zero-order valence-corrected chi connectivity index (χ0v) is 11.7. The van der Waals surface area contributed by atoms with Gasteiger partial charge in [-0.15, -0.1) is 0 Å². The van der Waals surface area contributed by atoms with Crippen molar-refractivity contribution in [3.63, 3.8) is 0 Å². The molecule has 19 heavy (non-hydrogen) atoms. The van der Waals surface area contributed by atoms with E-state index in [0.717, 1.165) is 18.5 Å². The van der Waals surface area contributed by atoms with Crippen LogP contribution < -0.4 is 4.72 Å². The second-order valence-electron chi connectivity index (χ2n) is 4.44. The Labute approximate surface area is 114 Å². The van der Waals surface area contributed by atoms with Gasteiger partial charge in [-0.05, 0) is 37.1 Å².